The Kier molecular flexibility index (Phi) is 3.59. The van der Waals surface area contributed by atoms with Crippen molar-refractivity contribution in [3.8, 4) is 0 Å². The minimum absolute atomic E-state index is 0.326. The van der Waals surface area contributed by atoms with Crippen LogP contribution in [-0.2, 0) is 0 Å². The van der Waals surface area contributed by atoms with Crippen LogP contribution >= 0.6 is 11.6 Å². The normalized spacial score (nSPS) is 10.6. The van der Waals surface area contributed by atoms with Crippen LogP contribution in [0, 0.1) is 0 Å². The zero-order valence-electron chi connectivity index (χ0n) is 9.81. The third-order valence-electron chi connectivity index (χ3n) is 2.34. The van der Waals surface area contributed by atoms with E-state index in [1.807, 2.05) is 30.3 Å². The SMILES string of the molecule is CC(C)c1cc(Cl)nc(Nc2ccccc2)n1. The molecule has 0 radical (unpaired) electrons. The van der Waals surface area contributed by atoms with E-state index in [-0.39, 0.29) is 0 Å². The summed E-state index contributed by atoms with van der Waals surface area (Å²) in [5.41, 5.74) is 1.88. The maximum atomic E-state index is 5.97. The summed E-state index contributed by atoms with van der Waals surface area (Å²) in [6.07, 6.45) is 0. The van der Waals surface area contributed by atoms with Crippen LogP contribution in [0.3, 0.4) is 0 Å². The standard InChI is InChI=1S/C13H14ClN3/c1-9(2)11-8-12(14)17-13(16-11)15-10-6-4-3-5-7-10/h3-9H,1-2H3,(H,15,16,17). The Bertz CT molecular complexity index is 497. The highest BCUT2D eigenvalue weighted by molar-refractivity contribution is 6.29. The van der Waals surface area contributed by atoms with Gasteiger partial charge in [0, 0.05) is 5.69 Å². The van der Waals surface area contributed by atoms with Crippen LogP contribution in [0.1, 0.15) is 25.5 Å². The van der Waals surface area contributed by atoms with Crippen LogP contribution in [0.5, 0.6) is 0 Å². The minimum Gasteiger partial charge on any atom is -0.324 e. The number of rotatable bonds is 3. The highest BCUT2D eigenvalue weighted by Crippen LogP contribution is 2.19. The van der Waals surface area contributed by atoms with Crippen LogP contribution in [0.4, 0.5) is 11.6 Å². The molecule has 17 heavy (non-hydrogen) atoms. The highest BCUT2D eigenvalue weighted by atomic mass is 35.5. The van der Waals surface area contributed by atoms with Crippen LogP contribution in [0.15, 0.2) is 36.4 Å². The number of hydrogen-bond donors (Lipinski definition) is 1. The average Bonchev–Trinajstić information content (AvgIpc) is 2.29. The molecule has 0 unspecified atom stereocenters. The van der Waals surface area contributed by atoms with Crippen LogP contribution in [-0.4, -0.2) is 9.97 Å². The van der Waals surface area contributed by atoms with Crippen molar-refractivity contribution in [1.82, 2.24) is 9.97 Å². The molecule has 4 heteroatoms. The molecule has 0 bridgehead atoms. The summed E-state index contributed by atoms with van der Waals surface area (Å²) in [5.74, 6) is 0.860. The first kappa shape index (κ1) is 11.9. The second-order valence-corrected chi connectivity index (χ2v) is 4.47. The lowest BCUT2D eigenvalue weighted by atomic mass is 10.1. The maximum Gasteiger partial charge on any atom is 0.228 e. The van der Waals surface area contributed by atoms with Crippen molar-refractivity contribution >= 4 is 23.2 Å². The van der Waals surface area contributed by atoms with E-state index in [2.05, 4.69) is 29.1 Å². The first-order valence-corrected chi connectivity index (χ1v) is 5.89. The van der Waals surface area contributed by atoms with E-state index in [0.717, 1.165) is 11.4 Å². The van der Waals surface area contributed by atoms with Gasteiger partial charge in [0.05, 0.1) is 5.69 Å². The highest BCUT2D eigenvalue weighted by Gasteiger charge is 2.06. The quantitative estimate of drug-likeness (QED) is 0.834. The fourth-order valence-corrected chi connectivity index (χ4v) is 1.63. The lowest BCUT2D eigenvalue weighted by Gasteiger charge is -2.09. The molecule has 1 heterocycles. The van der Waals surface area contributed by atoms with Crippen LogP contribution in [0.2, 0.25) is 5.15 Å². The summed E-state index contributed by atoms with van der Waals surface area (Å²) in [4.78, 5) is 8.58. The van der Waals surface area contributed by atoms with E-state index >= 15 is 0 Å². The third kappa shape index (κ3) is 3.17. The van der Waals surface area contributed by atoms with Gasteiger partial charge in [0.25, 0.3) is 0 Å². The molecular formula is C13H14ClN3. The first-order chi connectivity index (χ1) is 8.15. The van der Waals surface area contributed by atoms with Gasteiger partial charge in [-0.1, -0.05) is 43.6 Å². The molecule has 0 atom stereocenters. The van der Waals surface area contributed by atoms with Crippen LogP contribution in [0.25, 0.3) is 0 Å². The van der Waals surface area contributed by atoms with Crippen molar-refractivity contribution < 1.29 is 0 Å². The number of hydrogen-bond acceptors (Lipinski definition) is 3. The van der Waals surface area contributed by atoms with Crippen molar-refractivity contribution in [3.05, 3.63) is 47.2 Å². The number of para-hydroxylation sites is 1. The Morgan fingerprint density at radius 2 is 1.82 bits per heavy atom. The molecule has 1 N–H and O–H groups in total. The zero-order chi connectivity index (χ0) is 12.3. The van der Waals surface area contributed by atoms with E-state index in [0.29, 0.717) is 17.0 Å². The lowest BCUT2D eigenvalue weighted by Crippen LogP contribution is -2.01. The lowest BCUT2D eigenvalue weighted by molar-refractivity contribution is 0.817. The van der Waals surface area contributed by atoms with E-state index < -0.39 is 0 Å². The zero-order valence-corrected chi connectivity index (χ0v) is 10.6. The van der Waals surface area contributed by atoms with Gasteiger partial charge in [-0.15, -0.1) is 0 Å². The Balaban J connectivity index is 2.27. The summed E-state index contributed by atoms with van der Waals surface area (Å²) in [6.45, 7) is 4.15. The predicted octanol–water partition coefficient (Wildman–Crippen LogP) is 4.00. The van der Waals surface area contributed by atoms with Gasteiger partial charge in [-0.3, -0.25) is 0 Å². The van der Waals surface area contributed by atoms with Gasteiger partial charge < -0.3 is 5.32 Å². The fraction of sp³-hybridized carbons (Fsp3) is 0.231. The number of aromatic nitrogens is 2. The topological polar surface area (TPSA) is 37.8 Å². The molecule has 1 aromatic carbocycles. The molecule has 0 aliphatic rings. The molecule has 1 aromatic heterocycles. The first-order valence-electron chi connectivity index (χ1n) is 5.51. The molecule has 0 aliphatic heterocycles. The summed E-state index contributed by atoms with van der Waals surface area (Å²) in [6, 6.07) is 11.6. The molecule has 0 amide bonds. The van der Waals surface area contributed by atoms with Crippen molar-refractivity contribution in [2.75, 3.05) is 5.32 Å². The number of nitrogens with one attached hydrogen (secondary N) is 1. The Morgan fingerprint density at radius 3 is 2.47 bits per heavy atom. The molecular weight excluding hydrogens is 234 g/mol. The number of halogens is 1. The van der Waals surface area contributed by atoms with Gasteiger partial charge in [-0.05, 0) is 24.1 Å². The molecule has 88 valence electrons. The van der Waals surface area contributed by atoms with Gasteiger partial charge in [0.2, 0.25) is 5.95 Å². The smallest absolute Gasteiger partial charge is 0.228 e. The minimum atomic E-state index is 0.326. The average molecular weight is 248 g/mol. The van der Waals surface area contributed by atoms with Gasteiger partial charge in [-0.25, -0.2) is 9.97 Å². The van der Waals surface area contributed by atoms with Crippen molar-refractivity contribution in [3.63, 3.8) is 0 Å². The predicted molar refractivity (Wildman–Crippen MR) is 70.9 cm³/mol. The van der Waals surface area contributed by atoms with E-state index in [4.69, 9.17) is 11.6 Å². The molecule has 0 saturated carbocycles. The molecule has 3 nitrogen and oxygen atoms in total. The van der Waals surface area contributed by atoms with Crippen LogP contribution < -0.4 is 5.32 Å². The Morgan fingerprint density at radius 1 is 1.12 bits per heavy atom. The summed E-state index contributed by atoms with van der Waals surface area (Å²) in [7, 11) is 0. The van der Waals surface area contributed by atoms with Crippen molar-refractivity contribution in [2.45, 2.75) is 19.8 Å². The Hall–Kier alpha value is -1.61. The molecule has 2 rings (SSSR count). The van der Waals surface area contributed by atoms with Gasteiger partial charge in [0.1, 0.15) is 5.15 Å². The number of nitrogens with zero attached hydrogens (tertiary/aromatic N) is 2. The summed E-state index contributed by atoms with van der Waals surface area (Å²) in [5, 5.41) is 3.59. The second-order valence-electron chi connectivity index (χ2n) is 4.08. The van der Waals surface area contributed by atoms with Gasteiger partial charge >= 0.3 is 0 Å². The number of anilines is 2. The summed E-state index contributed by atoms with van der Waals surface area (Å²) >= 11 is 5.97. The fourth-order valence-electron chi connectivity index (χ4n) is 1.44. The molecule has 0 saturated heterocycles. The van der Waals surface area contributed by atoms with E-state index in [9.17, 15) is 0 Å². The molecule has 0 aliphatic carbocycles. The van der Waals surface area contributed by atoms with Gasteiger partial charge in [-0.2, -0.15) is 0 Å². The van der Waals surface area contributed by atoms with E-state index in [1.165, 1.54) is 0 Å². The molecule has 0 spiro atoms. The molecule has 2 aromatic rings. The van der Waals surface area contributed by atoms with Gasteiger partial charge in [0.15, 0.2) is 0 Å². The molecule has 0 fully saturated rings. The largest absolute Gasteiger partial charge is 0.324 e. The maximum absolute atomic E-state index is 5.97. The van der Waals surface area contributed by atoms with E-state index in [1.54, 1.807) is 6.07 Å². The third-order valence-corrected chi connectivity index (χ3v) is 2.53. The monoisotopic (exact) mass is 247 g/mol. The number of benzene rings is 1. The second kappa shape index (κ2) is 5.15. The van der Waals surface area contributed by atoms with Crippen molar-refractivity contribution in [1.29, 1.82) is 0 Å². The Labute approximate surface area is 106 Å². The van der Waals surface area contributed by atoms with Crippen molar-refractivity contribution in [2.24, 2.45) is 0 Å². The summed E-state index contributed by atoms with van der Waals surface area (Å²) < 4.78 is 0.